The van der Waals surface area contributed by atoms with E-state index in [1.807, 2.05) is 36.1 Å². The summed E-state index contributed by atoms with van der Waals surface area (Å²) in [5.74, 6) is 0.00732. The first-order valence-corrected chi connectivity index (χ1v) is 8.31. The van der Waals surface area contributed by atoms with E-state index in [2.05, 4.69) is 4.98 Å². The molecule has 0 spiro atoms. The van der Waals surface area contributed by atoms with E-state index in [0.29, 0.717) is 12.2 Å². The first kappa shape index (κ1) is 15.4. The van der Waals surface area contributed by atoms with Crippen LogP contribution in [0.4, 0.5) is 5.69 Å². The zero-order valence-electron chi connectivity index (χ0n) is 13.5. The average molecular weight is 327 g/mol. The van der Waals surface area contributed by atoms with Gasteiger partial charge in [-0.25, -0.2) is 4.98 Å². The number of carbonyl (C=O) groups is 1. The molecule has 6 heteroatoms. The van der Waals surface area contributed by atoms with Gasteiger partial charge in [-0.05, 0) is 31.4 Å². The fourth-order valence-corrected chi connectivity index (χ4v) is 4.30. The van der Waals surface area contributed by atoms with Crippen LogP contribution in [0.1, 0.15) is 36.4 Å². The van der Waals surface area contributed by atoms with Gasteiger partial charge < -0.3 is 19.7 Å². The van der Waals surface area contributed by atoms with E-state index in [1.54, 1.807) is 17.0 Å². The van der Waals surface area contributed by atoms with Crippen LogP contribution in [0.5, 0.6) is 0 Å². The molecule has 1 aromatic carbocycles. The molecule has 1 saturated carbocycles. The van der Waals surface area contributed by atoms with Gasteiger partial charge >= 0.3 is 0 Å². The highest BCUT2D eigenvalue weighted by atomic mass is 16.3. The Bertz CT molecular complexity index is 772. The maximum Gasteiger partial charge on any atom is 0.150 e. The number of anilines is 1. The highest BCUT2D eigenvalue weighted by Crippen LogP contribution is 2.48. The Morgan fingerprint density at radius 1 is 1.33 bits per heavy atom. The number of rotatable bonds is 3. The van der Waals surface area contributed by atoms with Gasteiger partial charge in [0, 0.05) is 24.1 Å². The lowest BCUT2D eigenvalue weighted by Gasteiger charge is -2.37. The summed E-state index contributed by atoms with van der Waals surface area (Å²) < 4.78 is 1.66. The Labute approximate surface area is 140 Å². The van der Waals surface area contributed by atoms with Crippen molar-refractivity contribution in [3.8, 4) is 0 Å². The van der Waals surface area contributed by atoms with Crippen molar-refractivity contribution in [2.75, 3.05) is 11.6 Å². The van der Waals surface area contributed by atoms with Crippen LogP contribution in [0.15, 0.2) is 36.7 Å². The van der Waals surface area contributed by atoms with Gasteiger partial charge in [-0.2, -0.15) is 0 Å². The lowest BCUT2D eigenvalue weighted by atomic mass is 9.74. The number of hydrogen-bond acceptors (Lipinski definition) is 5. The summed E-state index contributed by atoms with van der Waals surface area (Å²) in [5, 5.41) is 20.5. The molecule has 2 N–H and O–H groups in total. The van der Waals surface area contributed by atoms with E-state index < -0.39 is 12.1 Å². The van der Waals surface area contributed by atoms with E-state index in [-0.39, 0.29) is 24.5 Å². The molecule has 0 radical (unpaired) electrons. The number of ketones is 1. The first-order chi connectivity index (χ1) is 11.6. The molecule has 0 amide bonds. The predicted octanol–water partition coefficient (Wildman–Crippen LogP) is 1.58. The van der Waals surface area contributed by atoms with Gasteiger partial charge in [0.1, 0.15) is 24.6 Å². The smallest absolute Gasteiger partial charge is 0.150 e. The first-order valence-electron chi connectivity index (χ1n) is 8.31. The molecule has 0 saturated heterocycles. The zero-order valence-corrected chi connectivity index (χ0v) is 13.5. The minimum Gasteiger partial charge on any atom is -0.376 e. The molecule has 2 aromatic rings. The second-order valence-electron chi connectivity index (χ2n) is 6.60. The molecule has 1 aliphatic carbocycles. The number of aliphatic hydroxyl groups excluding tert-OH is 2. The Morgan fingerprint density at radius 2 is 2.12 bits per heavy atom. The van der Waals surface area contributed by atoms with Crippen LogP contribution >= 0.6 is 0 Å². The third-order valence-corrected chi connectivity index (χ3v) is 5.47. The minimum absolute atomic E-state index is 0.0211. The Morgan fingerprint density at radius 3 is 2.83 bits per heavy atom. The van der Waals surface area contributed by atoms with Crippen molar-refractivity contribution < 1.29 is 15.0 Å². The third kappa shape index (κ3) is 2.10. The number of aliphatic hydroxyl groups is 2. The zero-order chi connectivity index (χ0) is 16.8. The SMILES string of the molecule is Cc1nccn1C(O)C1CCC2C(C1=O)c1ccccc1N2CO. The number of carbonyl (C=O) groups excluding carboxylic acids is 1. The fourth-order valence-electron chi connectivity index (χ4n) is 4.30. The van der Waals surface area contributed by atoms with Crippen molar-refractivity contribution in [3.05, 3.63) is 48.0 Å². The summed E-state index contributed by atoms with van der Waals surface area (Å²) >= 11 is 0. The van der Waals surface area contributed by atoms with Gasteiger partial charge in [0.2, 0.25) is 0 Å². The van der Waals surface area contributed by atoms with Crippen LogP contribution in [0, 0.1) is 12.8 Å². The van der Waals surface area contributed by atoms with E-state index in [0.717, 1.165) is 17.7 Å². The highest BCUT2D eigenvalue weighted by Gasteiger charge is 2.49. The summed E-state index contributed by atoms with van der Waals surface area (Å²) in [6, 6.07) is 7.72. The van der Waals surface area contributed by atoms with Gasteiger partial charge in [0.05, 0.1) is 11.8 Å². The molecule has 24 heavy (non-hydrogen) atoms. The minimum atomic E-state index is -0.892. The molecule has 2 aliphatic rings. The van der Waals surface area contributed by atoms with E-state index in [9.17, 15) is 15.0 Å². The predicted molar refractivity (Wildman–Crippen MR) is 88.5 cm³/mol. The van der Waals surface area contributed by atoms with Crippen LogP contribution in [0.25, 0.3) is 0 Å². The number of imidazole rings is 1. The van der Waals surface area contributed by atoms with Crippen LogP contribution < -0.4 is 4.90 Å². The fraction of sp³-hybridized carbons (Fsp3) is 0.444. The molecule has 6 nitrogen and oxygen atoms in total. The van der Waals surface area contributed by atoms with Crippen molar-refractivity contribution in [3.63, 3.8) is 0 Å². The van der Waals surface area contributed by atoms with Crippen molar-refractivity contribution >= 4 is 11.5 Å². The Kier molecular flexibility index (Phi) is 3.66. The number of Topliss-reactive ketones (excluding diaryl/α,β-unsaturated/α-hetero) is 1. The maximum atomic E-state index is 13.2. The summed E-state index contributed by atoms with van der Waals surface area (Å²) in [6.07, 6.45) is 3.82. The summed E-state index contributed by atoms with van der Waals surface area (Å²) in [6.45, 7) is 1.72. The van der Waals surface area contributed by atoms with Crippen LogP contribution in [-0.2, 0) is 4.79 Å². The molecule has 1 fully saturated rings. The molecule has 0 bridgehead atoms. The molecular weight excluding hydrogens is 306 g/mol. The Balaban J connectivity index is 1.69. The lowest BCUT2D eigenvalue weighted by Crippen LogP contribution is -2.45. The molecule has 2 heterocycles. The van der Waals surface area contributed by atoms with Crippen molar-refractivity contribution in [2.24, 2.45) is 5.92 Å². The van der Waals surface area contributed by atoms with E-state index in [4.69, 9.17) is 0 Å². The van der Waals surface area contributed by atoms with E-state index in [1.165, 1.54) is 0 Å². The van der Waals surface area contributed by atoms with Gasteiger partial charge in [0.15, 0.2) is 0 Å². The number of aryl methyl sites for hydroxylation is 1. The summed E-state index contributed by atoms with van der Waals surface area (Å²) in [7, 11) is 0. The van der Waals surface area contributed by atoms with Crippen LogP contribution in [0.2, 0.25) is 0 Å². The number of fused-ring (bicyclic) bond motifs is 3. The second-order valence-corrected chi connectivity index (χ2v) is 6.60. The second kappa shape index (κ2) is 5.72. The van der Waals surface area contributed by atoms with Crippen molar-refractivity contribution in [1.82, 2.24) is 9.55 Å². The normalized spacial score (nSPS) is 27.0. The standard InChI is InChI=1S/C18H21N3O3/c1-11-19-8-9-20(11)18(24)13-6-7-15-16(17(13)23)12-4-2-3-5-14(12)21(15)10-22/h2-5,8-9,13,15-16,18,22,24H,6-7,10H2,1H3. The quantitative estimate of drug-likeness (QED) is 0.895. The number of aromatic nitrogens is 2. The molecule has 4 unspecified atom stereocenters. The Hall–Kier alpha value is -2.18. The topological polar surface area (TPSA) is 78.6 Å². The number of hydrogen-bond donors (Lipinski definition) is 2. The lowest BCUT2D eigenvalue weighted by molar-refractivity contribution is -0.133. The molecule has 1 aromatic heterocycles. The monoisotopic (exact) mass is 327 g/mol. The number of nitrogens with zero attached hydrogens (tertiary/aromatic N) is 3. The molecule has 4 atom stereocenters. The summed E-state index contributed by atoms with van der Waals surface area (Å²) in [5.41, 5.74) is 1.89. The summed E-state index contributed by atoms with van der Waals surface area (Å²) in [4.78, 5) is 19.2. The number of benzene rings is 1. The van der Waals surface area contributed by atoms with Gasteiger partial charge in [-0.15, -0.1) is 0 Å². The molecule has 1 aliphatic heterocycles. The third-order valence-electron chi connectivity index (χ3n) is 5.47. The van der Waals surface area contributed by atoms with Gasteiger partial charge in [0.25, 0.3) is 0 Å². The largest absolute Gasteiger partial charge is 0.376 e. The number of para-hydroxylation sites is 1. The molecule has 4 rings (SSSR count). The van der Waals surface area contributed by atoms with Crippen LogP contribution in [0.3, 0.4) is 0 Å². The average Bonchev–Trinajstić information content (AvgIpc) is 3.15. The van der Waals surface area contributed by atoms with Crippen molar-refractivity contribution in [2.45, 2.75) is 38.0 Å². The van der Waals surface area contributed by atoms with Gasteiger partial charge in [-0.3, -0.25) is 4.79 Å². The van der Waals surface area contributed by atoms with E-state index >= 15 is 0 Å². The van der Waals surface area contributed by atoms with Crippen molar-refractivity contribution in [1.29, 1.82) is 0 Å². The highest BCUT2D eigenvalue weighted by molar-refractivity contribution is 5.93. The maximum absolute atomic E-state index is 13.2. The van der Waals surface area contributed by atoms with Crippen LogP contribution in [-0.4, -0.2) is 38.3 Å². The molecular formula is C18H21N3O3. The molecule has 126 valence electrons. The van der Waals surface area contributed by atoms with Gasteiger partial charge in [-0.1, -0.05) is 18.2 Å².